The maximum atomic E-state index is 12.5. The standard InChI is InChI=1S/C18H12BrClN2OS/c1-3-10-22-16-11(2)14(20)8-9-15(16)24-18(22)21-17(23)12-6-4-5-7-13(12)19/h1,4-9H,10H2,2H3. The maximum Gasteiger partial charge on any atom is 0.280 e. The summed E-state index contributed by atoms with van der Waals surface area (Å²) in [4.78, 5) is 17.4. The number of aryl methyl sites for hydroxylation is 1. The first-order valence-electron chi connectivity index (χ1n) is 7.08. The monoisotopic (exact) mass is 418 g/mol. The van der Waals surface area contributed by atoms with E-state index in [1.165, 1.54) is 11.3 Å². The van der Waals surface area contributed by atoms with Gasteiger partial charge in [-0.25, -0.2) is 0 Å². The van der Waals surface area contributed by atoms with Crippen molar-refractivity contribution >= 4 is 55.0 Å². The first-order chi connectivity index (χ1) is 11.5. The highest BCUT2D eigenvalue weighted by Gasteiger charge is 2.13. The van der Waals surface area contributed by atoms with Gasteiger partial charge >= 0.3 is 0 Å². The highest BCUT2D eigenvalue weighted by atomic mass is 79.9. The van der Waals surface area contributed by atoms with Crippen molar-refractivity contribution in [1.29, 1.82) is 0 Å². The van der Waals surface area contributed by atoms with Crippen molar-refractivity contribution in [2.24, 2.45) is 4.99 Å². The summed E-state index contributed by atoms with van der Waals surface area (Å²) >= 11 is 11.0. The first kappa shape index (κ1) is 17.0. The SMILES string of the molecule is C#CCn1c(=NC(=O)c2ccccc2Br)sc2ccc(Cl)c(C)c21. The minimum Gasteiger partial charge on any atom is -0.304 e. The van der Waals surface area contributed by atoms with E-state index in [0.29, 0.717) is 26.4 Å². The van der Waals surface area contributed by atoms with E-state index in [1.807, 2.05) is 35.8 Å². The van der Waals surface area contributed by atoms with Gasteiger partial charge in [0.05, 0.1) is 22.3 Å². The Morgan fingerprint density at radius 2 is 2.12 bits per heavy atom. The minimum atomic E-state index is -0.316. The van der Waals surface area contributed by atoms with Crippen molar-refractivity contribution in [2.75, 3.05) is 0 Å². The van der Waals surface area contributed by atoms with Crippen LogP contribution in [-0.4, -0.2) is 10.5 Å². The maximum absolute atomic E-state index is 12.5. The number of carbonyl (C=O) groups excluding carboxylic acids is 1. The molecule has 0 saturated carbocycles. The number of fused-ring (bicyclic) bond motifs is 1. The van der Waals surface area contributed by atoms with Crippen LogP contribution < -0.4 is 4.80 Å². The average molecular weight is 420 g/mol. The Kier molecular flexibility index (Phi) is 4.91. The molecule has 1 heterocycles. The summed E-state index contributed by atoms with van der Waals surface area (Å²) in [7, 11) is 0. The number of amides is 1. The molecule has 2 aromatic carbocycles. The topological polar surface area (TPSA) is 34.4 Å². The van der Waals surface area contributed by atoms with Crippen molar-refractivity contribution in [3.8, 4) is 12.3 Å². The van der Waals surface area contributed by atoms with E-state index in [-0.39, 0.29) is 5.91 Å². The van der Waals surface area contributed by atoms with Crippen LogP contribution in [0.15, 0.2) is 45.9 Å². The second kappa shape index (κ2) is 6.94. The van der Waals surface area contributed by atoms with Crippen molar-refractivity contribution < 1.29 is 4.79 Å². The fourth-order valence-corrected chi connectivity index (χ4v) is 4.11. The Morgan fingerprint density at radius 1 is 1.38 bits per heavy atom. The average Bonchev–Trinajstić information content (AvgIpc) is 2.90. The number of carbonyl (C=O) groups is 1. The highest BCUT2D eigenvalue weighted by molar-refractivity contribution is 9.10. The predicted molar refractivity (Wildman–Crippen MR) is 102 cm³/mol. The Balaban J connectivity index is 2.24. The number of halogens is 2. The molecule has 0 saturated heterocycles. The number of terminal acetylenes is 1. The lowest BCUT2D eigenvalue weighted by atomic mass is 10.2. The summed E-state index contributed by atoms with van der Waals surface area (Å²) in [5.74, 6) is 2.30. The molecule has 0 aliphatic carbocycles. The van der Waals surface area contributed by atoms with E-state index in [9.17, 15) is 4.79 Å². The number of hydrogen-bond donors (Lipinski definition) is 0. The van der Waals surface area contributed by atoms with Gasteiger partial charge in [-0.15, -0.1) is 6.42 Å². The van der Waals surface area contributed by atoms with Gasteiger partial charge in [-0.1, -0.05) is 41.0 Å². The lowest BCUT2D eigenvalue weighted by Crippen LogP contribution is -2.17. The van der Waals surface area contributed by atoms with Gasteiger partial charge in [0.25, 0.3) is 5.91 Å². The summed E-state index contributed by atoms with van der Waals surface area (Å²) in [5, 5.41) is 0.662. The Bertz CT molecular complexity index is 1060. The molecule has 1 aromatic heterocycles. The van der Waals surface area contributed by atoms with E-state index in [2.05, 4.69) is 26.8 Å². The molecule has 3 rings (SSSR count). The van der Waals surface area contributed by atoms with E-state index in [4.69, 9.17) is 18.0 Å². The predicted octanol–water partition coefficient (Wildman–Crippen LogP) is 4.80. The van der Waals surface area contributed by atoms with Gasteiger partial charge in [0.1, 0.15) is 0 Å². The van der Waals surface area contributed by atoms with Gasteiger partial charge < -0.3 is 4.57 Å². The third-order valence-corrected chi connectivity index (χ3v) is 5.73. The summed E-state index contributed by atoms with van der Waals surface area (Å²) in [6.45, 7) is 2.26. The van der Waals surface area contributed by atoms with Crippen LogP contribution in [-0.2, 0) is 6.54 Å². The molecule has 0 unspecified atom stereocenters. The van der Waals surface area contributed by atoms with Crippen LogP contribution >= 0.6 is 38.9 Å². The van der Waals surface area contributed by atoms with Gasteiger partial charge in [0.2, 0.25) is 0 Å². The Morgan fingerprint density at radius 3 is 2.83 bits per heavy atom. The largest absolute Gasteiger partial charge is 0.304 e. The van der Waals surface area contributed by atoms with Crippen molar-refractivity contribution in [2.45, 2.75) is 13.5 Å². The van der Waals surface area contributed by atoms with Crippen LogP contribution in [0.4, 0.5) is 0 Å². The number of thiazole rings is 1. The molecule has 1 amide bonds. The second-order valence-electron chi connectivity index (χ2n) is 5.09. The zero-order valence-corrected chi connectivity index (χ0v) is 15.9. The zero-order valence-electron chi connectivity index (χ0n) is 12.7. The number of hydrogen-bond acceptors (Lipinski definition) is 2. The summed E-state index contributed by atoms with van der Waals surface area (Å²) in [6.07, 6.45) is 5.50. The third-order valence-electron chi connectivity index (χ3n) is 3.58. The highest BCUT2D eigenvalue weighted by Crippen LogP contribution is 2.27. The number of benzene rings is 2. The fraction of sp³-hybridized carbons (Fsp3) is 0.111. The Labute approximate surface area is 156 Å². The quantitative estimate of drug-likeness (QED) is 0.549. The van der Waals surface area contributed by atoms with Gasteiger partial charge in [-0.2, -0.15) is 4.99 Å². The van der Waals surface area contributed by atoms with E-state index < -0.39 is 0 Å². The molecule has 0 aliphatic heterocycles. The lowest BCUT2D eigenvalue weighted by Gasteiger charge is -2.04. The van der Waals surface area contributed by atoms with Crippen LogP contribution in [0.2, 0.25) is 5.02 Å². The van der Waals surface area contributed by atoms with E-state index in [1.54, 1.807) is 12.1 Å². The van der Waals surface area contributed by atoms with Gasteiger partial charge in [0.15, 0.2) is 4.80 Å². The normalized spacial score (nSPS) is 11.7. The van der Waals surface area contributed by atoms with Crippen LogP contribution in [0, 0.1) is 19.3 Å². The molecule has 3 nitrogen and oxygen atoms in total. The number of aromatic nitrogens is 1. The molecule has 3 aromatic rings. The van der Waals surface area contributed by atoms with E-state index >= 15 is 0 Å². The molecule has 24 heavy (non-hydrogen) atoms. The van der Waals surface area contributed by atoms with Crippen LogP contribution in [0.25, 0.3) is 10.2 Å². The zero-order chi connectivity index (χ0) is 17.3. The van der Waals surface area contributed by atoms with Gasteiger partial charge in [-0.3, -0.25) is 4.79 Å². The summed E-state index contributed by atoms with van der Waals surface area (Å²) < 4.78 is 3.56. The molecule has 0 atom stereocenters. The first-order valence-corrected chi connectivity index (χ1v) is 9.07. The smallest absolute Gasteiger partial charge is 0.280 e. The molecule has 0 radical (unpaired) electrons. The lowest BCUT2D eigenvalue weighted by molar-refractivity contribution is 0.0997. The summed E-state index contributed by atoms with van der Waals surface area (Å²) in [6, 6.07) is 11.0. The molecule has 0 fully saturated rings. The van der Waals surface area contributed by atoms with Crippen molar-refractivity contribution in [3.63, 3.8) is 0 Å². The van der Waals surface area contributed by atoms with Crippen LogP contribution in [0.3, 0.4) is 0 Å². The van der Waals surface area contributed by atoms with Crippen LogP contribution in [0.1, 0.15) is 15.9 Å². The Hall–Kier alpha value is -1.87. The van der Waals surface area contributed by atoms with Crippen molar-refractivity contribution in [1.82, 2.24) is 4.57 Å². The molecule has 0 aliphatic rings. The molecular weight excluding hydrogens is 408 g/mol. The fourth-order valence-electron chi connectivity index (χ4n) is 2.42. The molecule has 0 N–H and O–H groups in total. The van der Waals surface area contributed by atoms with Crippen LogP contribution in [0.5, 0.6) is 0 Å². The number of nitrogens with zero attached hydrogens (tertiary/aromatic N) is 2. The number of rotatable bonds is 2. The third kappa shape index (κ3) is 3.05. The summed E-state index contributed by atoms with van der Waals surface area (Å²) in [5.41, 5.74) is 2.36. The second-order valence-corrected chi connectivity index (χ2v) is 7.36. The minimum absolute atomic E-state index is 0.316. The molecule has 6 heteroatoms. The molecule has 0 bridgehead atoms. The van der Waals surface area contributed by atoms with Crippen molar-refractivity contribution in [3.05, 3.63) is 61.8 Å². The van der Waals surface area contributed by atoms with E-state index in [0.717, 1.165) is 15.8 Å². The molecular formula is C18H12BrClN2OS. The molecule has 0 spiro atoms. The van der Waals surface area contributed by atoms with Gasteiger partial charge in [0, 0.05) is 9.50 Å². The van der Waals surface area contributed by atoms with Gasteiger partial charge in [-0.05, 0) is 52.7 Å². The molecule has 120 valence electrons.